The average molecular weight is 356 g/mol. The van der Waals surface area contributed by atoms with Gasteiger partial charge in [0.2, 0.25) is 11.8 Å². The molecule has 5 nitrogen and oxygen atoms in total. The smallest absolute Gasteiger partial charge is 0.246 e. The fourth-order valence-corrected chi connectivity index (χ4v) is 3.66. The van der Waals surface area contributed by atoms with Gasteiger partial charge in [-0.2, -0.15) is 0 Å². The Balaban J connectivity index is 1.47. The third kappa shape index (κ3) is 4.65. The molecule has 140 valence electrons. The van der Waals surface area contributed by atoms with Crippen molar-refractivity contribution in [2.75, 3.05) is 32.8 Å². The van der Waals surface area contributed by atoms with E-state index in [4.69, 9.17) is 4.74 Å². The normalized spacial score (nSPS) is 18.5. The molecule has 2 saturated heterocycles. The molecule has 2 amide bonds. The summed E-state index contributed by atoms with van der Waals surface area (Å²) in [6, 6.07) is 7.69. The van der Waals surface area contributed by atoms with Crippen molar-refractivity contribution in [2.24, 2.45) is 5.92 Å². The summed E-state index contributed by atoms with van der Waals surface area (Å²) >= 11 is 0. The van der Waals surface area contributed by atoms with Crippen LogP contribution in [0.15, 0.2) is 30.3 Å². The molecule has 0 atom stereocenters. The second kappa shape index (κ2) is 8.88. The van der Waals surface area contributed by atoms with E-state index in [0.29, 0.717) is 25.6 Å². The quantitative estimate of drug-likeness (QED) is 0.762. The molecule has 2 aliphatic heterocycles. The minimum Gasteiger partial charge on any atom is -0.494 e. The fourth-order valence-electron chi connectivity index (χ4n) is 3.66. The highest BCUT2D eigenvalue weighted by Gasteiger charge is 2.30. The zero-order valence-corrected chi connectivity index (χ0v) is 15.5. The van der Waals surface area contributed by atoms with Gasteiger partial charge in [-0.25, -0.2) is 0 Å². The maximum atomic E-state index is 12.5. The number of amides is 2. The molecule has 2 fully saturated rings. The van der Waals surface area contributed by atoms with E-state index in [1.54, 1.807) is 6.08 Å². The van der Waals surface area contributed by atoms with Gasteiger partial charge >= 0.3 is 0 Å². The molecule has 5 heteroatoms. The van der Waals surface area contributed by atoms with E-state index in [0.717, 1.165) is 50.1 Å². The van der Waals surface area contributed by atoms with Crippen LogP contribution in [0.25, 0.3) is 6.08 Å². The number of piperidine rings is 1. The van der Waals surface area contributed by atoms with Crippen LogP contribution >= 0.6 is 0 Å². The van der Waals surface area contributed by atoms with Crippen LogP contribution in [0.3, 0.4) is 0 Å². The number of carbonyl (C=O) groups is 2. The van der Waals surface area contributed by atoms with Crippen LogP contribution in [0.5, 0.6) is 5.75 Å². The first-order valence-electron chi connectivity index (χ1n) is 9.66. The number of ether oxygens (including phenoxy) is 1. The van der Waals surface area contributed by atoms with Gasteiger partial charge in [0.1, 0.15) is 5.75 Å². The van der Waals surface area contributed by atoms with Crippen LogP contribution in [-0.4, -0.2) is 54.4 Å². The second-order valence-electron chi connectivity index (χ2n) is 6.97. The number of benzene rings is 1. The Kier molecular flexibility index (Phi) is 6.31. The lowest BCUT2D eigenvalue weighted by molar-refractivity contribution is -0.138. The van der Waals surface area contributed by atoms with Gasteiger partial charge in [0.05, 0.1) is 6.61 Å². The van der Waals surface area contributed by atoms with Crippen molar-refractivity contribution < 1.29 is 14.3 Å². The summed E-state index contributed by atoms with van der Waals surface area (Å²) in [5.74, 6) is 1.23. The summed E-state index contributed by atoms with van der Waals surface area (Å²) in [5, 5.41) is 0. The summed E-state index contributed by atoms with van der Waals surface area (Å²) < 4.78 is 5.42. The average Bonchev–Trinajstić information content (AvgIpc) is 3.22. The largest absolute Gasteiger partial charge is 0.494 e. The number of nitrogens with zero attached hydrogens (tertiary/aromatic N) is 2. The molecule has 1 aromatic carbocycles. The van der Waals surface area contributed by atoms with Crippen LogP contribution < -0.4 is 4.74 Å². The Bertz CT molecular complexity index is 640. The van der Waals surface area contributed by atoms with E-state index in [9.17, 15) is 9.59 Å². The molecule has 1 aromatic rings. The topological polar surface area (TPSA) is 49.9 Å². The number of likely N-dealkylation sites (tertiary alicyclic amines) is 2. The first-order valence-corrected chi connectivity index (χ1v) is 9.66. The summed E-state index contributed by atoms with van der Waals surface area (Å²) in [7, 11) is 0. The molecule has 0 saturated carbocycles. The van der Waals surface area contributed by atoms with E-state index >= 15 is 0 Å². The van der Waals surface area contributed by atoms with Crippen molar-refractivity contribution in [3.63, 3.8) is 0 Å². The number of rotatable bonds is 5. The van der Waals surface area contributed by atoms with Gasteiger partial charge in [0.15, 0.2) is 0 Å². The Labute approximate surface area is 155 Å². The molecule has 0 radical (unpaired) electrons. The summed E-state index contributed by atoms with van der Waals surface area (Å²) in [6.07, 6.45) is 7.26. The number of carbonyl (C=O) groups excluding carboxylic acids is 2. The molecule has 0 aliphatic carbocycles. The Morgan fingerprint density at radius 2 is 1.69 bits per heavy atom. The van der Waals surface area contributed by atoms with Crippen LogP contribution in [0.1, 0.15) is 38.2 Å². The van der Waals surface area contributed by atoms with E-state index in [1.807, 2.05) is 47.1 Å². The van der Waals surface area contributed by atoms with Gasteiger partial charge in [-0.3, -0.25) is 9.59 Å². The van der Waals surface area contributed by atoms with Crippen molar-refractivity contribution >= 4 is 17.9 Å². The van der Waals surface area contributed by atoms with Crippen molar-refractivity contribution in [3.05, 3.63) is 35.9 Å². The summed E-state index contributed by atoms with van der Waals surface area (Å²) in [6.45, 7) is 5.73. The Morgan fingerprint density at radius 3 is 2.31 bits per heavy atom. The number of hydrogen-bond acceptors (Lipinski definition) is 3. The van der Waals surface area contributed by atoms with Crippen LogP contribution in [0.4, 0.5) is 0 Å². The minimum atomic E-state index is 0.0194. The van der Waals surface area contributed by atoms with Gasteiger partial charge in [-0.1, -0.05) is 12.1 Å². The third-order valence-corrected chi connectivity index (χ3v) is 5.18. The molecule has 3 rings (SSSR count). The molecule has 0 unspecified atom stereocenters. The lowest BCUT2D eigenvalue weighted by Gasteiger charge is -2.32. The fraction of sp³-hybridized carbons (Fsp3) is 0.524. The number of hydrogen-bond donors (Lipinski definition) is 0. The van der Waals surface area contributed by atoms with Crippen molar-refractivity contribution in [3.8, 4) is 5.75 Å². The van der Waals surface area contributed by atoms with Gasteiger partial charge in [0.25, 0.3) is 0 Å². The first kappa shape index (κ1) is 18.5. The molecular weight excluding hydrogens is 328 g/mol. The highest BCUT2D eigenvalue weighted by molar-refractivity contribution is 5.92. The third-order valence-electron chi connectivity index (χ3n) is 5.18. The van der Waals surface area contributed by atoms with E-state index < -0.39 is 0 Å². The summed E-state index contributed by atoms with van der Waals surface area (Å²) in [5.41, 5.74) is 0.973. The second-order valence-corrected chi connectivity index (χ2v) is 6.97. The zero-order valence-electron chi connectivity index (χ0n) is 15.5. The SMILES string of the molecule is CCOc1ccc(/C=C/C(=O)N2CCC(C(=O)N3CCCC3)CC2)cc1. The lowest BCUT2D eigenvalue weighted by atomic mass is 9.95. The van der Waals surface area contributed by atoms with Crippen LogP contribution in [0.2, 0.25) is 0 Å². The molecule has 0 aromatic heterocycles. The predicted octanol–water partition coefficient (Wildman–Crippen LogP) is 2.96. The van der Waals surface area contributed by atoms with E-state index in [2.05, 4.69) is 0 Å². The van der Waals surface area contributed by atoms with Gasteiger partial charge in [-0.05, 0) is 56.4 Å². The first-order chi connectivity index (χ1) is 12.7. The monoisotopic (exact) mass is 356 g/mol. The molecule has 26 heavy (non-hydrogen) atoms. The molecule has 0 bridgehead atoms. The highest BCUT2D eigenvalue weighted by Crippen LogP contribution is 2.22. The molecule has 2 aliphatic rings. The van der Waals surface area contributed by atoms with E-state index in [1.165, 1.54) is 0 Å². The van der Waals surface area contributed by atoms with Gasteiger partial charge in [0, 0.05) is 38.2 Å². The molecule has 2 heterocycles. The van der Waals surface area contributed by atoms with E-state index in [-0.39, 0.29) is 11.8 Å². The standard InChI is InChI=1S/C21H28N2O3/c1-2-26-19-8-5-17(6-9-19)7-10-20(24)22-15-11-18(12-16-22)21(25)23-13-3-4-14-23/h5-10,18H,2-4,11-16H2,1H3/b10-7+. The zero-order chi connectivity index (χ0) is 18.4. The molecular formula is C21H28N2O3. The highest BCUT2D eigenvalue weighted by atomic mass is 16.5. The van der Waals surface area contributed by atoms with Gasteiger partial charge in [-0.15, -0.1) is 0 Å². The maximum absolute atomic E-state index is 12.5. The van der Waals surface area contributed by atoms with Crippen molar-refractivity contribution in [2.45, 2.75) is 32.6 Å². The Morgan fingerprint density at radius 1 is 1.04 bits per heavy atom. The predicted molar refractivity (Wildman–Crippen MR) is 102 cm³/mol. The van der Waals surface area contributed by atoms with Crippen LogP contribution in [-0.2, 0) is 9.59 Å². The minimum absolute atomic E-state index is 0.0194. The summed E-state index contributed by atoms with van der Waals surface area (Å²) in [4.78, 5) is 28.7. The molecule has 0 spiro atoms. The maximum Gasteiger partial charge on any atom is 0.246 e. The van der Waals surface area contributed by atoms with Crippen molar-refractivity contribution in [1.29, 1.82) is 0 Å². The van der Waals surface area contributed by atoms with Crippen molar-refractivity contribution in [1.82, 2.24) is 9.80 Å². The van der Waals surface area contributed by atoms with Crippen LogP contribution in [0, 0.1) is 5.92 Å². The van der Waals surface area contributed by atoms with Gasteiger partial charge < -0.3 is 14.5 Å². The molecule has 0 N–H and O–H groups in total. The Hall–Kier alpha value is -2.30. The lowest BCUT2D eigenvalue weighted by Crippen LogP contribution is -2.43.